The summed E-state index contributed by atoms with van der Waals surface area (Å²) in [5.74, 6) is 0.775. The number of piperidine rings is 1. The first-order valence-corrected chi connectivity index (χ1v) is 11.5. The number of benzene rings is 3. The van der Waals surface area contributed by atoms with E-state index in [9.17, 15) is 9.90 Å². The van der Waals surface area contributed by atoms with E-state index in [4.69, 9.17) is 14.2 Å². The minimum Gasteiger partial charge on any atom is -0.493 e. The van der Waals surface area contributed by atoms with Crippen molar-refractivity contribution < 1.29 is 24.1 Å². The van der Waals surface area contributed by atoms with Crippen molar-refractivity contribution in [3.8, 4) is 17.2 Å². The van der Waals surface area contributed by atoms with Crippen molar-refractivity contribution in [2.75, 3.05) is 27.3 Å². The molecule has 0 saturated carbocycles. The minimum absolute atomic E-state index is 0.0538. The smallest absolute Gasteiger partial charge is 0.306 e. The van der Waals surface area contributed by atoms with E-state index >= 15 is 0 Å². The monoisotopic (exact) mass is 461 g/mol. The van der Waals surface area contributed by atoms with Gasteiger partial charge in [-0.15, -0.1) is 0 Å². The molecule has 34 heavy (non-hydrogen) atoms. The van der Waals surface area contributed by atoms with Gasteiger partial charge in [-0.25, -0.2) is 0 Å². The maximum absolute atomic E-state index is 11.5. The Morgan fingerprint density at radius 3 is 2.00 bits per heavy atom. The predicted molar refractivity (Wildman–Crippen MR) is 131 cm³/mol. The van der Waals surface area contributed by atoms with Crippen molar-refractivity contribution in [1.82, 2.24) is 4.90 Å². The van der Waals surface area contributed by atoms with Crippen LogP contribution in [0.15, 0.2) is 72.8 Å². The number of likely N-dealkylation sites (tertiary alicyclic amines) is 1. The molecule has 1 atom stereocenters. The first kappa shape index (κ1) is 23.6. The average Bonchev–Trinajstić information content (AvgIpc) is 2.89. The molecule has 1 aliphatic heterocycles. The third-order valence-electron chi connectivity index (χ3n) is 6.38. The molecule has 0 amide bonds. The summed E-state index contributed by atoms with van der Waals surface area (Å²) in [6, 6.07) is 24.2. The predicted octanol–water partition coefficient (Wildman–Crippen LogP) is 5.17. The second kappa shape index (κ2) is 11.1. The summed E-state index contributed by atoms with van der Waals surface area (Å²) in [5.41, 5.74) is 3.21. The summed E-state index contributed by atoms with van der Waals surface area (Å²) in [7, 11) is 3.26. The lowest BCUT2D eigenvalue weighted by Gasteiger charge is -2.37. The SMILES string of the molecule is COc1cc(C(c2ccccc2)N2CCC(C(=O)O)CC2)cc(OC)c1OCc1ccccc1. The Morgan fingerprint density at radius 1 is 0.912 bits per heavy atom. The number of ether oxygens (including phenoxy) is 3. The maximum Gasteiger partial charge on any atom is 0.306 e. The first-order valence-electron chi connectivity index (χ1n) is 11.5. The molecule has 3 aromatic carbocycles. The van der Waals surface area contributed by atoms with Crippen molar-refractivity contribution in [2.45, 2.75) is 25.5 Å². The fraction of sp³-hybridized carbons (Fsp3) is 0.321. The molecule has 3 aromatic rings. The molecule has 6 heteroatoms. The van der Waals surface area contributed by atoms with Crippen LogP contribution < -0.4 is 14.2 Å². The highest BCUT2D eigenvalue weighted by molar-refractivity contribution is 5.70. The van der Waals surface area contributed by atoms with Gasteiger partial charge in [-0.3, -0.25) is 9.69 Å². The quantitative estimate of drug-likeness (QED) is 0.474. The molecule has 1 unspecified atom stereocenters. The molecule has 4 rings (SSSR count). The molecular formula is C28H31NO5. The van der Waals surface area contributed by atoms with Crippen LogP contribution in [0.2, 0.25) is 0 Å². The van der Waals surface area contributed by atoms with Gasteiger partial charge in [0, 0.05) is 0 Å². The molecule has 1 saturated heterocycles. The van der Waals surface area contributed by atoms with Gasteiger partial charge < -0.3 is 19.3 Å². The zero-order valence-corrected chi connectivity index (χ0v) is 19.6. The topological polar surface area (TPSA) is 68.2 Å². The maximum atomic E-state index is 11.5. The molecule has 0 aliphatic carbocycles. The van der Waals surface area contributed by atoms with Crippen molar-refractivity contribution in [2.24, 2.45) is 5.92 Å². The van der Waals surface area contributed by atoms with E-state index in [2.05, 4.69) is 17.0 Å². The number of methoxy groups -OCH3 is 2. The number of rotatable bonds is 9. The number of hydrogen-bond acceptors (Lipinski definition) is 5. The van der Waals surface area contributed by atoms with E-state index in [1.54, 1.807) is 14.2 Å². The molecule has 1 N–H and O–H groups in total. The van der Waals surface area contributed by atoms with Gasteiger partial charge in [0.25, 0.3) is 0 Å². The third kappa shape index (κ3) is 5.34. The molecule has 0 radical (unpaired) electrons. The highest BCUT2D eigenvalue weighted by atomic mass is 16.5. The van der Waals surface area contributed by atoms with Gasteiger partial charge in [-0.1, -0.05) is 60.7 Å². The number of carboxylic acids is 1. The molecule has 1 aliphatic rings. The Kier molecular flexibility index (Phi) is 7.70. The standard InChI is InChI=1S/C28H31NO5/c1-32-24-17-23(18-25(33-2)27(24)34-19-20-9-5-3-6-10-20)26(21-11-7-4-8-12-21)29-15-13-22(14-16-29)28(30)31/h3-12,17-18,22,26H,13-16,19H2,1-2H3,(H,30,31). The zero-order chi connectivity index (χ0) is 23.9. The lowest BCUT2D eigenvalue weighted by atomic mass is 9.91. The zero-order valence-electron chi connectivity index (χ0n) is 19.6. The van der Waals surface area contributed by atoms with Gasteiger partial charge >= 0.3 is 5.97 Å². The van der Waals surface area contributed by atoms with Crippen LogP contribution in [-0.2, 0) is 11.4 Å². The van der Waals surface area contributed by atoms with Crippen LogP contribution in [0.5, 0.6) is 17.2 Å². The second-order valence-electron chi connectivity index (χ2n) is 8.49. The Labute approximate surface area is 200 Å². The summed E-state index contributed by atoms with van der Waals surface area (Å²) in [4.78, 5) is 13.8. The number of carboxylic acid groups (broad SMARTS) is 1. The summed E-state index contributed by atoms with van der Waals surface area (Å²) < 4.78 is 17.6. The highest BCUT2D eigenvalue weighted by Crippen LogP contribution is 2.43. The van der Waals surface area contributed by atoms with Crippen LogP contribution in [0.1, 0.15) is 35.6 Å². The molecule has 0 aromatic heterocycles. The minimum atomic E-state index is -0.709. The lowest BCUT2D eigenvalue weighted by molar-refractivity contribution is -0.143. The lowest BCUT2D eigenvalue weighted by Crippen LogP contribution is -2.39. The van der Waals surface area contributed by atoms with Gasteiger partial charge in [-0.2, -0.15) is 0 Å². The van der Waals surface area contributed by atoms with E-state index in [0.29, 0.717) is 49.8 Å². The van der Waals surface area contributed by atoms with Gasteiger partial charge in [0.15, 0.2) is 11.5 Å². The summed E-state index contributed by atoms with van der Waals surface area (Å²) in [5, 5.41) is 9.43. The first-order chi connectivity index (χ1) is 16.6. The molecule has 1 fully saturated rings. The fourth-order valence-electron chi connectivity index (χ4n) is 4.58. The number of hydrogen-bond donors (Lipinski definition) is 1. The van der Waals surface area contributed by atoms with E-state index in [1.165, 1.54) is 0 Å². The van der Waals surface area contributed by atoms with Gasteiger partial charge in [-0.05, 0) is 54.8 Å². The second-order valence-corrected chi connectivity index (χ2v) is 8.49. The fourth-order valence-corrected chi connectivity index (χ4v) is 4.58. The van der Waals surface area contributed by atoms with E-state index < -0.39 is 5.97 Å². The van der Waals surface area contributed by atoms with Gasteiger partial charge in [0.1, 0.15) is 6.61 Å². The summed E-state index contributed by atoms with van der Waals surface area (Å²) in [6.07, 6.45) is 1.26. The Hall–Kier alpha value is -3.51. The largest absolute Gasteiger partial charge is 0.493 e. The normalized spacial score (nSPS) is 15.5. The molecular weight excluding hydrogens is 430 g/mol. The van der Waals surface area contributed by atoms with E-state index in [1.807, 2.05) is 60.7 Å². The van der Waals surface area contributed by atoms with Crippen LogP contribution in [-0.4, -0.2) is 43.3 Å². The van der Waals surface area contributed by atoms with E-state index in [-0.39, 0.29) is 12.0 Å². The Bertz CT molecular complexity index is 1050. The summed E-state index contributed by atoms with van der Waals surface area (Å²) in [6.45, 7) is 1.80. The van der Waals surface area contributed by atoms with Crippen molar-refractivity contribution in [3.63, 3.8) is 0 Å². The number of carbonyl (C=O) groups is 1. The van der Waals surface area contributed by atoms with Crippen molar-refractivity contribution >= 4 is 5.97 Å². The molecule has 1 heterocycles. The van der Waals surface area contributed by atoms with Crippen LogP contribution in [0.3, 0.4) is 0 Å². The van der Waals surface area contributed by atoms with Crippen LogP contribution in [0.4, 0.5) is 0 Å². The highest BCUT2D eigenvalue weighted by Gasteiger charge is 2.31. The molecule has 6 nitrogen and oxygen atoms in total. The number of nitrogens with zero attached hydrogens (tertiary/aromatic N) is 1. The van der Waals surface area contributed by atoms with Crippen LogP contribution in [0, 0.1) is 5.92 Å². The summed E-state index contributed by atoms with van der Waals surface area (Å²) >= 11 is 0. The van der Waals surface area contributed by atoms with Crippen LogP contribution in [0.25, 0.3) is 0 Å². The van der Waals surface area contributed by atoms with Crippen LogP contribution >= 0.6 is 0 Å². The average molecular weight is 462 g/mol. The van der Waals surface area contributed by atoms with Gasteiger partial charge in [0.05, 0.1) is 26.2 Å². The molecule has 0 spiro atoms. The van der Waals surface area contributed by atoms with E-state index in [0.717, 1.165) is 16.7 Å². The molecule has 0 bridgehead atoms. The Balaban J connectivity index is 1.68. The van der Waals surface area contributed by atoms with Crippen molar-refractivity contribution in [3.05, 3.63) is 89.5 Å². The third-order valence-corrected chi connectivity index (χ3v) is 6.38. The number of aliphatic carboxylic acids is 1. The van der Waals surface area contributed by atoms with Gasteiger partial charge in [0.2, 0.25) is 5.75 Å². The molecule has 178 valence electrons. The van der Waals surface area contributed by atoms with Crippen molar-refractivity contribution in [1.29, 1.82) is 0 Å². The Morgan fingerprint density at radius 2 is 1.47 bits per heavy atom.